The van der Waals surface area contributed by atoms with E-state index >= 15 is 0 Å². The van der Waals surface area contributed by atoms with Crippen molar-refractivity contribution in [3.8, 4) is 5.75 Å². The number of hydrogen-bond donors (Lipinski definition) is 3. The second-order valence-corrected chi connectivity index (χ2v) is 7.47. The van der Waals surface area contributed by atoms with Crippen LogP contribution in [0.25, 0.3) is 10.9 Å². The summed E-state index contributed by atoms with van der Waals surface area (Å²) in [4.78, 5) is 15.4. The van der Waals surface area contributed by atoms with Gasteiger partial charge in [-0.25, -0.2) is 4.98 Å². The standard InChI is InChI=1S/C20H30N4O2/c1-14-12-15(22)19-16(23-14)8-7-9-17(19)26-13-20(2,3)24-18(25)10-5-4-6-11-21/h7-9,12H,4-6,10-11,13,21H2,1-3H3,(H2,22,23)(H,24,25)/p+2. The van der Waals surface area contributed by atoms with Gasteiger partial charge in [0, 0.05) is 25.5 Å². The molecule has 0 unspecified atom stereocenters. The molecule has 1 aromatic heterocycles. The average molecular weight is 361 g/mol. The van der Waals surface area contributed by atoms with Crippen molar-refractivity contribution in [2.75, 3.05) is 18.9 Å². The summed E-state index contributed by atoms with van der Waals surface area (Å²) in [7, 11) is 0. The Kier molecular flexibility index (Phi) is 6.80. The van der Waals surface area contributed by atoms with Crippen LogP contribution in [0.5, 0.6) is 5.75 Å². The highest BCUT2D eigenvalue weighted by atomic mass is 16.5. The number of H-pyrrole nitrogens is 1. The molecule has 0 saturated heterocycles. The van der Waals surface area contributed by atoms with Gasteiger partial charge in [0.05, 0.1) is 17.8 Å². The number of anilines is 1. The maximum atomic E-state index is 12.1. The number of quaternary nitrogens is 1. The number of rotatable bonds is 9. The number of hydrogen-bond acceptors (Lipinski definition) is 3. The summed E-state index contributed by atoms with van der Waals surface area (Å²) in [5.41, 5.74) is 12.2. The first-order valence-corrected chi connectivity index (χ1v) is 9.26. The molecule has 2 aromatic rings. The molecule has 7 N–H and O–H groups in total. The summed E-state index contributed by atoms with van der Waals surface area (Å²) in [5.74, 6) is 0.776. The number of amides is 1. The monoisotopic (exact) mass is 360 g/mol. The molecule has 26 heavy (non-hydrogen) atoms. The Labute approximate surface area is 155 Å². The van der Waals surface area contributed by atoms with E-state index in [0.717, 1.165) is 42.4 Å². The molecule has 6 heteroatoms. The van der Waals surface area contributed by atoms with Crippen LogP contribution in [0.1, 0.15) is 45.2 Å². The molecule has 0 aliphatic rings. The molecule has 0 bridgehead atoms. The first-order chi connectivity index (χ1) is 12.3. The van der Waals surface area contributed by atoms with Crippen LogP contribution < -0.4 is 26.5 Å². The van der Waals surface area contributed by atoms with E-state index in [1.807, 2.05) is 45.0 Å². The fourth-order valence-corrected chi connectivity index (χ4v) is 2.98. The van der Waals surface area contributed by atoms with E-state index < -0.39 is 5.54 Å². The third-order valence-electron chi connectivity index (χ3n) is 4.24. The molecule has 0 aliphatic carbocycles. The zero-order valence-electron chi connectivity index (χ0n) is 16.2. The number of aromatic nitrogens is 1. The predicted octanol–water partition coefficient (Wildman–Crippen LogP) is 1.62. The van der Waals surface area contributed by atoms with Gasteiger partial charge in [0.2, 0.25) is 11.4 Å². The molecule has 0 atom stereocenters. The number of ether oxygens (including phenoxy) is 1. The summed E-state index contributed by atoms with van der Waals surface area (Å²) < 4.78 is 6.03. The molecule has 142 valence electrons. The van der Waals surface area contributed by atoms with E-state index in [4.69, 9.17) is 10.5 Å². The van der Waals surface area contributed by atoms with Gasteiger partial charge in [0.25, 0.3) is 0 Å². The third-order valence-corrected chi connectivity index (χ3v) is 4.24. The van der Waals surface area contributed by atoms with Gasteiger partial charge >= 0.3 is 0 Å². The molecule has 0 fully saturated rings. The highest BCUT2D eigenvalue weighted by Gasteiger charge is 2.22. The molecule has 6 nitrogen and oxygen atoms in total. The van der Waals surface area contributed by atoms with E-state index in [9.17, 15) is 4.79 Å². The van der Waals surface area contributed by atoms with Crippen LogP contribution in [0.3, 0.4) is 0 Å². The van der Waals surface area contributed by atoms with Crippen LogP contribution in [0.2, 0.25) is 0 Å². The van der Waals surface area contributed by atoms with Crippen molar-refractivity contribution in [1.29, 1.82) is 0 Å². The predicted molar refractivity (Wildman–Crippen MR) is 104 cm³/mol. The first-order valence-electron chi connectivity index (χ1n) is 9.26. The number of nitrogens with two attached hydrogens (primary N) is 1. The minimum atomic E-state index is -0.464. The number of nitrogens with one attached hydrogen (secondary N) is 2. The number of fused-ring (bicyclic) bond motifs is 1. The fourth-order valence-electron chi connectivity index (χ4n) is 2.98. The molecule has 0 aliphatic heterocycles. The third kappa shape index (κ3) is 5.59. The molecule has 0 radical (unpaired) electrons. The van der Waals surface area contributed by atoms with E-state index in [1.54, 1.807) is 0 Å². The SMILES string of the molecule is Cc1cc(N)c2c(OCC(C)(C)NC(=O)CCCCC[NH3+])cccc2[nH+]1. The van der Waals surface area contributed by atoms with E-state index in [0.29, 0.717) is 24.5 Å². The van der Waals surface area contributed by atoms with E-state index in [1.165, 1.54) is 0 Å². The fraction of sp³-hybridized carbons (Fsp3) is 0.500. The second kappa shape index (κ2) is 8.85. The van der Waals surface area contributed by atoms with Gasteiger partial charge in [-0.15, -0.1) is 0 Å². The van der Waals surface area contributed by atoms with Crippen molar-refractivity contribution in [2.24, 2.45) is 0 Å². The lowest BCUT2D eigenvalue weighted by Crippen LogP contribution is -2.50. The summed E-state index contributed by atoms with van der Waals surface area (Å²) in [6.07, 6.45) is 3.55. The summed E-state index contributed by atoms with van der Waals surface area (Å²) in [5, 5.41) is 3.93. The second-order valence-electron chi connectivity index (χ2n) is 7.47. The number of aryl methyl sites for hydroxylation is 1. The Hall–Kier alpha value is -2.34. The molecule has 1 aromatic carbocycles. The quantitative estimate of drug-likeness (QED) is 0.592. The van der Waals surface area contributed by atoms with Crippen LogP contribution >= 0.6 is 0 Å². The number of pyridine rings is 1. The highest BCUT2D eigenvalue weighted by Crippen LogP contribution is 2.29. The molecule has 0 saturated carbocycles. The van der Waals surface area contributed by atoms with Gasteiger partial charge in [0.1, 0.15) is 17.7 Å². The lowest BCUT2D eigenvalue weighted by Gasteiger charge is -2.26. The smallest absolute Gasteiger partial charge is 0.220 e. The van der Waals surface area contributed by atoms with Gasteiger partial charge < -0.3 is 21.5 Å². The van der Waals surface area contributed by atoms with Crippen LogP contribution in [-0.2, 0) is 4.79 Å². The Morgan fingerprint density at radius 1 is 1.31 bits per heavy atom. The van der Waals surface area contributed by atoms with Crippen molar-refractivity contribution < 1.29 is 20.2 Å². The van der Waals surface area contributed by atoms with Crippen LogP contribution in [0, 0.1) is 6.92 Å². The maximum Gasteiger partial charge on any atom is 0.220 e. The van der Waals surface area contributed by atoms with Crippen molar-refractivity contribution >= 4 is 22.5 Å². The Morgan fingerprint density at radius 3 is 2.81 bits per heavy atom. The molecule has 2 rings (SSSR count). The number of aromatic amines is 1. The minimum absolute atomic E-state index is 0.0593. The summed E-state index contributed by atoms with van der Waals surface area (Å²) in [6.45, 7) is 7.19. The lowest BCUT2D eigenvalue weighted by atomic mass is 10.1. The van der Waals surface area contributed by atoms with Crippen LogP contribution in [-0.4, -0.2) is 24.6 Å². The molecular formula is C20H32N4O2+2. The zero-order valence-corrected chi connectivity index (χ0v) is 16.2. The van der Waals surface area contributed by atoms with Gasteiger partial charge in [-0.3, -0.25) is 4.79 Å². The molecule has 0 spiro atoms. The number of carbonyl (C=O) groups is 1. The molecule has 1 heterocycles. The van der Waals surface area contributed by atoms with Gasteiger partial charge in [-0.2, -0.15) is 0 Å². The Morgan fingerprint density at radius 2 is 2.08 bits per heavy atom. The lowest BCUT2D eigenvalue weighted by molar-refractivity contribution is -0.368. The average Bonchev–Trinajstić information content (AvgIpc) is 2.56. The van der Waals surface area contributed by atoms with Gasteiger partial charge in [0.15, 0.2) is 5.69 Å². The number of nitrogen functional groups attached to an aromatic ring is 1. The van der Waals surface area contributed by atoms with Crippen molar-refractivity contribution in [3.05, 3.63) is 30.0 Å². The first kappa shape index (κ1) is 20.0. The Balaban J connectivity index is 1.99. The molecular weight excluding hydrogens is 328 g/mol. The van der Waals surface area contributed by atoms with E-state index in [-0.39, 0.29) is 5.91 Å². The van der Waals surface area contributed by atoms with Gasteiger partial charge in [-0.05, 0) is 39.2 Å². The maximum absolute atomic E-state index is 12.1. The minimum Gasteiger partial charge on any atom is -0.490 e. The van der Waals surface area contributed by atoms with Gasteiger partial charge in [-0.1, -0.05) is 6.07 Å². The van der Waals surface area contributed by atoms with Crippen molar-refractivity contribution in [1.82, 2.24) is 5.32 Å². The van der Waals surface area contributed by atoms with E-state index in [2.05, 4.69) is 16.0 Å². The number of benzene rings is 1. The van der Waals surface area contributed by atoms with Crippen molar-refractivity contribution in [2.45, 2.75) is 52.0 Å². The highest BCUT2D eigenvalue weighted by molar-refractivity contribution is 5.93. The topological polar surface area (TPSA) is 106 Å². The summed E-state index contributed by atoms with van der Waals surface area (Å²) >= 11 is 0. The number of unbranched alkanes of at least 4 members (excludes halogenated alkanes) is 2. The molecule has 1 amide bonds. The van der Waals surface area contributed by atoms with Crippen LogP contribution in [0.4, 0.5) is 5.69 Å². The zero-order chi connectivity index (χ0) is 19.2. The van der Waals surface area contributed by atoms with Crippen molar-refractivity contribution in [3.63, 3.8) is 0 Å². The largest absolute Gasteiger partial charge is 0.490 e. The van der Waals surface area contributed by atoms with Crippen LogP contribution in [0.15, 0.2) is 24.3 Å². The Bertz CT molecular complexity index is 759. The normalized spacial score (nSPS) is 11.5. The number of carbonyl (C=O) groups excluding carboxylic acids is 1. The summed E-state index contributed by atoms with van der Waals surface area (Å²) in [6, 6.07) is 7.71.